The van der Waals surface area contributed by atoms with Crippen molar-refractivity contribution < 1.29 is 9.53 Å². The second-order valence-corrected chi connectivity index (χ2v) is 4.04. The number of esters is 1. The van der Waals surface area contributed by atoms with E-state index < -0.39 is 5.60 Å². The molecular formula is C11H19NO2. The molecule has 3 heteroatoms. The van der Waals surface area contributed by atoms with Gasteiger partial charge in [-0.15, -0.1) is 12.3 Å². The van der Waals surface area contributed by atoms with E-state index in [1.807, 2.05) is 20.8 Å². The fourth-order valence-corrected chi connectivity index (χ4v) is 0.869. The first-order chi connectivity index (χ1) is 6.45. The van der Waals surface area contributed by atoms with Gasteiger partial charge in [-0.1, -0.05) is 0 Å². The van der Waals surface area contributed by atoms with Gasteiger partial charge in [-0.2, -0.15) is 0 Å². The molecule has 0 unspecified atom stereocenters. The molecule has 0 spiro atoms. The highest BCUT2D eigenvalue weighted by Crippen LogP contribution is 2.07. The SMILES string of the molecule is C#CCCNCCC(=O)OC(C)(C)C. The van der Waals surface area contributed by atoms with Crippen LogP contribution in [0.3, 0.4) is 0 Å². The normalized spacial score (nSPS) is 10.7. The Morgan fingerprint density at radius 3 is 2.57 bits per heavy atom. The van der Waals surface area contributed by atoms with Gasteiger partial charge in [0.05, 0.1) is 6.42 Å². The molecular weight excluding hydrogens is 178 g/mol. The molecule has 0 aliphatic carbocycles. The monoisotopic (exact) mass is 197 g/mol. The molecule has 0 aliphatic rings. The van der Waals surface area contributed by atoms with Crippen molar-refractivity contribution in [3.63, 3.8) is 0 Å². The third-order valence-corrected chi connectivity index (χ3v) is 1.37. The molecule has 0 aromatic carbocycles. The van der Waals surface area contributed by atoms with Crippen molar-refractivity contribution >= 4 is 5.97 Å². The number of rotatable bonds is 5. The van der Waals surface area contributed by atoms with Gasteiger partial charge < -0.3 is 10.1 Å². The number of hydrogen-bond acceptors (Lipinski definition) is 3. The Morgan fingerprint density at radius 1 is 1.43 bits per heavy atom. The van der Waals surface area contributed by atoms with Crippen LogP contribution in [-0.4, -0.2) is 24.7 Å². The number of hydrogen-bond donors (Lipinski definition) is 1. The summed E-state index contributed by atoms with van der Waals surface area (Å²) in [6, 6.07) is 0. The van der Waals surface area contributed by atoms with Crippen LogP contribution in [0.15, 0.2) is 0 Å². The summed E-state index contributed by atoms with van der Waals surface area (Å²) in [5, 5.41) is 3.06. The number of terminal acetylenes is 1. The van der Waals surface area contributed by atoms with Crippen molar-refractivity contribution in [1.82, 2.24) is 5.32 Å². The fourth-order valence-electron chi connectivity index (χ4n) is 0.869. The summed E-state index contributed by atoms with van der Waals surface area (Å²) in [4.78, 5) is 11.2. The molecule has 0 saturated heterocycles. The smallest absolute Gasteiger partial charge is 0.307 e. The van der Waals surface area contributed by atoms with Crippen LogP contribution in [0.2, 0.25) is 0 Å². The average Bonchev–Trinajstić information content (AvgIpc) is 2.00. The summed E-state index contributed by atoms with van der Waals surface area (Å²) in [5.74, 6) is 2.34. The van der Waals surface area contributed by atoms with E-state index in [4.69, 9.17) is 11.2 Å². The molecule has 80 valence electrons. The zero-order valence-corrected chi connectivity index (χ0v) is 9.22. The number of carbonyl (C=O) groups excluding carboxylic acids is 1. The predicted octanol–water partition coefficient (Wildman–Crippen LogP) is 1.33. The Bertz CT molecular complexity index is 210. The van der Waals surface area contributed by atoms with Gasteiger partial charge >= 0.3 is 5.97 Å². The maximum atomic E-state index is 11.2. The average molecular weight is 197 g/mol. The lowest BCUT2D eigenvalue weighted by Crippen LogP contribution is -2.27. The number of nitrogens with one attached hydrogen (secondary N) is 1. The van der Waals surface area contributed by atoms with Crippen LogP contribution >= 0.6 is 0 Å². The van der Waals surface area contributed by atoms with Gasteiger partial charge in [0.25, 0.3) is 0 Å². The molecule has 0 fully saturated rings. The van der Waals surface area contributed by atoms with Gasteiger partial charge in [0.1, 0.15) is 5.60 Å². The maximum absolute atomic E-state index is 11.2. The standard InChI is InChI=1S/C11H19NO2/c1-5-6-8-12-9-7-10(13)14-11(2,3)4/h1,12H,6-9H2,2-4H3. The van der Waals surface area contributed by atoms with Crippen molar-refractivity contribution in [3.8, 4) is 12.3 Å². The molecule has 0 aromatic heterocycles. The van der Waals surface area contributed by atoms with Crippen molar-refractivity contribution in [2.24, 2.45) is 0 Å². The molecule has 0 saturated carbocycles. The summed E-state index contributed by atoms with van der Waals surface area (Å²) in [7, 11) is 0. The largest absolute Gasteiger partial charge is 0.460 e. The molecule has 0 heterocycles. The Morgan fingerprint density at radius 2 is 2.07 bits per heavy atom. The molecule has 0 rings (SSSR count). The topological polar surface area (TPSA) is 38.3 Å². The van der Waals surface area contributed by atoms with E-state index in [-0.39, 0.29) is 5.97 Å². The molecule has 1 N–H and O–H groups in total. The van der Waals surface area contributed by atoms with E-state index in [9.17, 15) is 4.79 Å². The first-order valence-corrected chi connectivity index (χ1v) is 4.82. The highest BCUT2D eigenvalue weighted by atomic mass is 16.6. The van der Waals surface area contributed by atoms with Gasteiger partial charge in [-0.05, 0) is 20.8 Å². The van der Waals surface area contributed by atoms with Crippen molar-refractivity contribution in [1.29, 1.82) is 0 Å². The minimum absolute atomic E-state index is 0.175. The lowest BCUT2D eigenvalue weighted by Gasteiger charge is -2.19. The van der Waals surface area contributed by atoms with Crippen LogP contribution in [-0.2, 0) is 9.53 Å². The van der Waals surface area contributed by atoms with Crippen LogP contribution in [0.4, 0.5) is 0 Å². The quantitative estimate of drug-likeness (QED) is 0.410. The van der Waals surface area contributed by atoms with Crippen LogP contribution in [0.25, 0.3) is 0 Å². The van der Waals surface area contributed by atoms with E-state index in [0.717, 1.165) is 6.54 Å². The lowest BCUT2D eigenvalue weighted by molar-refractivity contribution is -0.154. The summed E-state index contributed by atoms with van der Waals surface area (Å²) in [6.45, 7) is 6.94. The predicted molar refractivity (Wildman–Crippen MR) is 56.8 cm³/mol. The van der Waals surface area contributed by atoms with E-state index in [1.54, 1.807) is 0 Å². The van der Waals surface area contributed by atoms with E-state index in [2.05, 4.69) is 11.2 Å². The van der Waals surface area contributed by atoms with Crippen molar-refractivity contribution in [2.45, 2.75) is 39.2 Å². The first kappa shape index (κ1) is 13.0. The summed E-state index contributed by atoms with van der Waals surface area (Å²) in [6.07, 6.45) is 6.15. The van der Waals surface area contributed by atoms with Crippen molar-refractivity contribution in [3.05, 3.63) is 0 Å². The van der Waals surface area contributed by atoms with Gasteiger partial charge in [-0.25, -0.2) is 0 Å². The number of carbonyl (C=O) groups is 1. The zero-order chi connectivity index (χ0) is 11.0. The van der Waals surface area contributed by atoms with Gasteiger partial charge in [0.2, 0.25) is 0 Å². The maximum Gasteiger partial charge on any atom is 0.307 e. The van der Waals surface area contributed by atoms with Gasteiger partial charge in [-0.3, -0.25) is 4.79 Å². The Hall–Kier alpha value is -1.01. The van der Waals surface area contributed by atoms with E-state index >= 15 is 0 Å². The molecule has 0 aliphatic heterocycles. The summed E-state index contributed by atoms with van der Waals surface area (Å²) >= 11 is 0. The van der Waals surface area contributed by atoms with E-state index in [0.29, 0.717) is 19.4 Å². The highest BCUT2D eigenvalue weighted by Gasteiger charge is 2.15. The van der Waals surface area contributed by atoms with Gasteiger partial charge in [0.15, 0.2) is 0 Å². The molecule has 3 nitrogen and oxygen atoms in total. The first-order valence-electron chi connectivity index (χ1n) is 4.82. The third kappa shape index (κ3) is 9.08. The van der Waals surface area contributed by atoms with Gasteiger partial charge in [0, 0.05) is 19.5 Å². The van der Waals surface area contributed by atoms with Crippen LogP contribution < -0.4 is 5.32 Å². The second kappa shape index (κ2) is 6.44. The highest BCUT2D eigenvalue weighted by molar-refractivity contribution is 5.70. The second-order valence-electron chi connectivity index (χ2n) is 4.04. The summed E-state index contributed by atoms with van der Waals surface area (Å²) in [5.41, 5.74) is -0.393. The Kier molecular flexibility index (Phi) is 5.98. The summed E-state index contributed by atoms with van der Waals surface area (Å²) < 4.78 is 5.12. The van der Waals surface area contributed by atoms with Crippen molar-refractivity contribution in [2.75, 3.05) is 13.1 Å². The molecule has 0 bridgehead atoms. The zero-order valence-electron chi connectivity index (χ0n) is 9.22. The van der Waals surface area contributed by atoms with Crippen LogP contribution in [0.5, 0.6) is 0 Å². The third-order valence-electron chi connectivity index (χ3n) is 1.37. The molecule has 0 atom stereocenters. The minimum Gasteiger partial charge on any atom is -0.460 e. The molecule has 0 radical (unpaired) electrons. The number of ether oxygens (including phenoxy) is 1. The van der Waals surface area contributed by atoms with E-state index in [1.165, 1.54) is 0 Å². The Labute approximate surface area is 86.2 Å². The molecule has 0 amide bonds. The Balaban J connectivity index is 3.42. The minimum atomic E-state index is -0.393. The lowest BCUT2D eigenvalue weighted by atomic mass is 10.2. The molecule has 0 aromatic rings. The van der Waals surface area contributed by atoms with Crippen LogP contribution in [0.1, 0.15) is 33.6 Å². The van der Waals surface area contributed by atoms with Crippen LogP contribution in [0, 0.1) is 12.3 Å². The fraction of sp³-hybridized carbons (Fsp3) is 0.727. The molecule has 14 heavy (non-hydrogen) atoms.